The molecule has 0 aromatic heterocycles. The van der Waals surface area contributed by atoms with Gasteiger partial charge in [-0.1, -0.05) is 18.2 Å². The highest BCUT2D eigenvalue weighted by Gasteiger charge is 1.92. The van der Waals surface area contributed by atoms with E-state index < -0.39 is 0 Å². The monoisotopic (exact) mass is 351 g/mol. The van der Waals surface area contributed by atoms with Crippen LogP contribution >= 0.6 is 35.7 Å². The number of nitrogens with two attached hydrogens (primary N) is 1. The van der Waals surface area contributed by atoms with Crippen molar-refractivity contribution in [3.63, 3.8) is 0 Å². The van der Waals surface area contributed by atoms with E-state index in [1.165, 1.54) is 0 Å². The number of hydrogen-bond acceptors (Lipinski definition) is 2. The highest BCUT2D eigenvalue weighted by Crippen LogP contribution is 2.03. The Kier molecular flexibility index (Phi) is 9.51. The molecule has 16 heavy (non-hydrogen) atoms. The van der Waals surface area contributed by atoms with Crippen molar-refractivity contribution in [2.75, 3.05) is 23.9 Å². The number of aliphatic imine (C=N–C) groups is 1. The van der Waals surface area contributed by atoms with Crippen LogP contribution in [0, 0.1) is 0 Å². The van der Waals surface area contributed by atoms with Gasteiger partial charge in [-0.05, 0) is 30.6 Å². The molecular weight excluding hydrogens is 333 g/mol. The summed E-state index contributed by atoms with van der Waals surface area (Å²) in [7, 11) is 0. The first-order valence-electron chi connectivity index (χ1n) is 4.94. The second-order valence-electron chi connectivity index (χ2n) is 3.10. The third kappa shape index (κ3) is 6.95. The smallest absolute Gasteiger partial charge is 0.193 e. The van der Waals surface area contributed by atoms with Crippen molar-refractivity contribution in [1.29, 1.82) is 0 Å². The minimum Gasteiger partial charge on any atom is -0.370 e. The number of rotatable bonds is 5. The molecule has 0 aliphatic rings. The van der Waals surface area contributed by atoms with Gasteiger partial charge in [0.1, 0.15) is 0 Å². The standard InChI is InChI=1S/C11H17N3S.HI/c1-15-9-5-8-13-11(12)14-10-6-3-2-4-7-10;/h2-4,6-7H,5,8-9H2,1H3,(H3,12,13,14);1H. The number of anilines is 1. The summed E-state index contributed by atoms with van der Waals surface area (Å²) >= 11 is 1.83. The molecule has 0 fully saturated rings. The van der Waals surface area contributed by atoms with Gasteiger partial charge in [0.25, 0.3) is 0 Å². The predicted octanol–water partition coefficient (Wildman–Crippen LogP) is 2.78. The summed E-state index contributed by atoms with van der Waals surface area (Å²) in [6.07, 6.45) is 3.16. The van der Waals surface area contributed by atoms with Crippen LogP contribution in [0.3, 0.4) is 0 Å². The van der Waals surface area contributed by atoms with Gasteiger partial charge in [0, 0.05) is 12.2 Å². The normalized spacial score (nSPS) is 10.7. The molecule has 0 saturated heterocycles. The zero-order chi connectivity index (χ0) is 10.9. The Hall–Kier alpha value is -0.430. The number of nitrogens with zero attached hydrogens (tertiary/aromatic N) is 1. The zero-order valence-electron chi connectivity index (χ0n) is 9.35. The van der Waals surface area contributed by atoms with E-state index in [4.69, 9.17) is 5.73 Å². The average Bonchev–Trinajstić information content (AvgIpc) is 2.26. The van der Waals surface area contributed by atoms with E-state index in [9.17, 15) is 0 Å². The van der Waals surface area contributed by atoms with Crippen molar-refractivity contribution < 1.29 is 0 Å². The average molecular weight is 351 g/mol. The molecule has 0 atom stereocenters. The van der Waals surface area contributed by atoms with Gasteiger partial charge in [0.05, 0.1) is 0 Å². The maximum absolute atomic E-state index is 5.72. The molecule has 0 spiro atoms. The maximum Gasteiger partial charge on any atom is 0.193 e. The molecule has 3 nitrogen and oxygen atoms in total. The highest BCUT2D eigenvalue weighted by molar-refractivity contribution is 14.0. The Morgan fingerprint density at radius 1 is 1.38 bits per heavy atom. The van der Waals surface area contributed by atoms with Gasteiger partial charge in [-0.2, -0.15) is 11.8 Å². The molecule has 3 N–H and O–H groups in total. The Morgan fingerprint density at radius 2 is 2.06 bits per heavy atom. The van der Waals surface area contributed by atoms with Crippen molar-refractivity contribution in [2.45, 2.75) is 6.42 Å². The largest absolute Gasteiger partial charge is 0.370 e. The summed E-state index contributed by atoms with van der Waals surface area (Å²) in [6, 6.07) is 9.82. The molecule has 0 heterocycles. The molecule has 0 unspecified atom stereocenters. The Balaban J connectivity index is 0.00000225. The second kappa shape index (κ2) is 9.77. The van der Waals surface area contributed by atoms with Gasteiger partial charge < -0.3 is 11.1 Å². The fourth-order valence-corrected chi connectivity index (χ4v) is 1.54. The zero-order valence-corrected chi connectivity index (χ0v) is 12.5. The summed E-state index contributed by atoms with van der Waals surface area (Å²) in [6.45, 7) is 0.784. The van der Waals surface area contributed by atoms with Crippen LogP contribution in [0.2, 0.25) is 0 Å². The molecule has 5 heteroatoms. The molecule has 0 aliphatic heterocycles. The lowest BCUT2D eigenvalue weighted by Crippen LogP contribution is -2.22. The maximum atomic E-state index is 5.72. The van der Waals surface area contributed by atoms with Crippen LogP contribution in [0.4, 0.5) is 5.69 Å². The number of halogens is 1. The van der Waals surface area contributed by atoms with Gasteiger partial charge in [0.15, 0.2) is 5.96 Å². The number of nitrogens with one attached hydrogen (secondary N) is 1. The number of guanidine groups is 1. The number of thioether (sulfide) groups is 1. The van der Waals surface area contributed by atoms with Gasteiger partial charge in [0.2, 0.25) is 0 Å². The summed E-state index contributed by atoms with van der Waals surface area (Å²) in [5.41, 5.74) is 6.70. The molecular formula is C11H18IN3S. The molecule has 90 valence electrons. The van der Waals surface area contributed by atoms with Crippen LogP contribution in [0.5, 0.6) is 0 Å². The van der Waals surface area contributed by atoms with E-state index in [1.807, 2.05) is 42.1 Å². The van der Waals surface area contributed by atoms with Crippen molar-refractivity contribution in [3.05, 3.63) is 30.3 Å². The molecule has 1 aromatic carbocycles. The summed E-state index contributed by atoms with van der Waals surface area (Å²) in [5.74, 6) is 1.62. The van der Waals surface area contributed by atoms with Crippen LogP contribution in [-0.4, -0.2) is 24.5 Å². The van der Waals surface area contributed by atoms with Gasteiger partial charge in [-0.15, -0.1) is 24.0 Å². The van der Waals surface area contributed by atoms with Crippen LogP contribution in [-0.2, 0) is 0 Å². The molecule has 0 radical (unpaired) electrons. The summed E-state index contributed by atoms with van der Waals surface area (Å²) in [5, 5.41) is 3.04. The van der Waals surface area contributed by atoms with Crippen LogP contribution < -0.4 is 11.1 Å². The van der Waals surface area contributed by atoms with Crippen LogP contribution in [0.25, 0.3) is 0 Å². The van der Waals surface area contributed by atoms with E-state index in [0.29, 0.717) is 5.96 Å². The third-order valence-electron chi connectivity index (χ3n) is 1.83. The lowest BCUT2D eigenvalue weighted by atomic mass is 10.3. The third-order valence-corrected chi connectivity index (χ3v) is 2.53. The molecule has 1 aromatic rings. The van der Waals surface area contributed by atoms with Crippen LogP contribution in [0.1, 0.15) is 6.42 Å². The minimum atomic E-state index is 0. The predicted molar refractivity (Wildman–Crippen MR) is 85.0 cm³/mol. The molecule has 1 rings (SSSR count). The van der Waals surface area contributed by atoms with E-state index in [1.54, 1.807) is 0 Å². The topological polar surface area (TPSA) is 50.4 Å². The number of hydrogen-bond donors (Lipinski definition) is 2. The first-order valence-corrected chi connectivity index (χ1v) is 6.33. The summed E-state index contributed by atoms with van der Waals surface area (Å²) < 4.78 is 0. The quantitative estimate of drug-likeness (QED) is 0.371. The summed E-state index contributed by atoms with van der Waals surface area (Å²) in [4.78, 5) is 4.23. The van der Waals surface area contributed by atoms with Gasteiger partial charge >= 0.3 is 0 Å². The Morgan fingerprint density at radius 3 is 2.69 bits per heavy atom. The fourth-order valence-electron chi connectivity index (χ4n) is 1.12. The molecule has 0 bridgehead atoms. The Bertz CT molecular complexity index is 303. The number of benzene rings is 1. The fraction of sp³-hybridized carbons (Fsp3) is 0.364. The van der Waals surface area contributed by atoms with E-state index in [2.05, 4.69) is 16.6 Å². The molecule has 0 aliphatic carbocycles. The van der Waals surface area contributed by atoms with Crippen molar-refractivity contribution in [1.82, 2.24) is 0 Å². The lowest BCUT2D eigenvalue weighted by Gasteiger charge is -2.04. The second-order valence-corrected chi connectivity index (χ2v) is 4.09. The van der Waals surface area contributed by atoms with Crippen molar-refractivity contribution >= 4 is 47.4 Å². The van der Waals surface area contributed by atoms with E-state index >= 15 is 0 Å². The van der Waals surface area contributed by atoms with E-state index in [0.717, 1.165) is 24.4 Å². The SMILES string of the molecule is CSCCCN=C(N)Nc1ccccc1.I. The molecule has 0 saturated carbocycles. The highest BCUT2D eigenvalue weighted by atomic mass is 127. The van der Waals surface area contributed by atoms with Crippen molar-refractivity contribution in [3.8, 4) is 0 Å². The number of para-hydroxylation sites is 1. The van der Waals surface area contributed by atoms with Gasteiger partial charge in [-0.3, -0.25) is 4.99 Å². The van der Waals surface area contributed by atoms with Crippen LogP contribution in [0.15, 0.2) is 35.3 Å². The first-order chi connectivity index (χ1) is 7.33. The van der Waals surface area contributed by atoms with Gasteiger partial charge in [-0.25, -0.2) is 0 Å². The minimum absolute atomic E-state index is 0. The Labute approximate surface area is 118 Å². The lowest BCUT2D eigenvalue weighted by molar-refractivity contribution is 0.941. The van der Waals surface area contributed by atoms with E-state index in [-0.39, 0.29) is 24.0 Å². The first kappa shape index (κ1) is 15.6. The molecule has 0 amide bonds. The van der Waals surface area contributed by atoms with Crippen molar-refractivity contribution in [2.24, 2.45) is 10.7 Å².